The molecule has 12 heteroatoms. The van der Waals surface area contributed by atoms with Crippen LogP contribution in [0.5, 0.6) is 0 Å². The second kappa shape index (κ2) is 13.9. The highest BCUT2D eigenvalue weighted by atomic mass is 16.5. The molecule has 0 radical (unpaired) electrons. The van der Waals surface area contributed by atoms with E-state index < -0.39 is 5.97 Å². The van der Waals surface area contributed by atoms with Crippen LogP contribution in [0.15, 0.2) is 73.3 Å². The van der Waals surface area contributed by atoms with Crippen molar-refractivity contribution in [3.05, 3.63) is 102 Å². The van der Waals surface area contributed by atoms with Gasteiger partial charge >= 0.3 is 5.97 Å². The third kappa shape index (κ3) is 6.50. The molecule has 0 atom stereocenters. The molecule has 294 valence electrons. The van der Waals surface area contributed by atoms with Crippen LogP contribution in [-0.2, 0) is 4.74 Å². The molecule has 0 aliphatic heterocycles. The minimum absolute atomic E-state index is 0.0827. The highest BCUT2D eigenvalue weighted by molar-refractivity contribution is 6.09. The van der Waals surface area contributed by atoms with E-state index in [0.717, 1.165) is 74.0 Å². The van der Waals surface area contributed by atoms with Crippen LogP contribution >= 0.6 is 0 Å². The normalized spacial score (nSPS) is 30.2. The van der Waals surface area contributed by atoms with Crippen molar-refractivity contribution in [2.24, 2.45) is 35.5 Å². The summed E-state index contributed by atoms with van der Waals surface area (Å²) in [4.78, 5) is 64.9. The average molecular weight is 768 g/mol. The van der Waals surface area contributed by atoms with Crippen LogP contribution in [0.4, 0.5) is 0 Å². The molecule has 13 rings (SSSR count). The molecule has 12 nitrogen and oxygen atoms in total. The molecule has 5 aromatic rings. The number of ketones is 1. The summed E-state index contributed by atoms with van der Waals surface area (Å²) >= 11 is 0. The van der Waals surface area contributed by atoms with Crippen molar-refractivity contribution in [3.8, 4) is 0 Å². The lowest BCUT2D eigenvalue weighted by molar-refractivity contribution is -0.0171. The number of carbonyl (C=O) groups excluding carboxylic acids is 4. The Morgan fingerprint density at radius 2 is 1.11 bits per heavy atom. The van der Waals surface area contributed by atoms with Crippen LogP contribution in [0.3, 0.4) is 0 Å². The number of imidazole rings is 2. The lowest BCUT2D eigenvalue weighted by atomic mass is 9.53. The van der Waals surface area contributed by atoms with E-state index in [2.05, 4.69) is 25.6 Å². The maximum Gasteiger partial charge on any atom is 0.374 e. The fraction of sp³-hybridized carbons (Fsp3) is 0.489. The van der Waals surface area contributed by atoms with Crippen LogP contribution in [0, 0.1) is 35.5 Å². The summed E-state index contributed by atoms with van der Waals surface area (Å²) in [7, 11) is 0. The molecule has 8 saturated carbocycles. The number of hydrogen-bond acceptors (Lipinski definition) is 8. The van der Waals surface area contributed by atoms with Crippen molar-refractivity contribution in [1.82, 2.24) is 34.4 Å². The Morgan fingerprint density at radius 3 is 1.54 bits per heavy atom. The number of esters is 1. The molecule has 0 aromatic carbocycles. The lowest BCUT2D eigenvalue weighted by Crippen LogP contribution is -2.59. The molecule has 8 aliphatic rings. The Bertz CT molecular complexity index is 2330. The van der Waals surface area contributed by atoms with E-state index in [1.54, 1.807) is 46.4 Å². The van der Waals surface area contributed by atoms with Gasteiger partial charge in [0.25, 0.3) is 11.8 Å². The summed E-state index contributed by atoms with van der Waals surface area (Å²) in [5.74, 6) is 3.83. The monoisotopic (exact) mass is 767 g/mol. The quantitative estimate of drug-likeness (QED) is 0.128. The van der Waals surface area contributed by atoms with Gasteiger partial charge in [0, 0.05) is 41.4 Å². The number of fused-ring (bicyclic) bond motifs is 2. The van der Waals surface area contributed by atoms with Crippen LogP contribution < -0.4 is 10.6 Å². The van der Waals surface area contributed by atoms with Crippen LogP contribution in [0.1, 0.15) is 132 Å². The SMILES string of the molecule is CCOC(=O)c1nc(C(=O)NC23CC4CC(CC(C4)C2)C3)c2ccccn12.O=C(NC12CC3CC(CC(C3)C1)C2)c1nc(C(=O)c2cccnc2)n2ccccc12. The first kappa shape index (κ1) is 36.0. The summed E-state index contributed by atoms with van der Waals surface area (Å²) in [6.07, 6.45) is 21.2. The fourth-order valence-corrected chi connectivity index (χ4v) is 12.7. The van der Waals surface area contributed by atoms with Gasteiger partial charge in [-0.25, -0.2) is 14.8 Å². The van der Waals surface area contributed by atoms with Crippen molar-refractivity contribution in [3.63, 3.8) is 0 Å². The zero-order chi connectivity index (χ0) is 38.9. The zero-order valence-electron chi connectivity index (χ0n) is 32.4. The summed E-state index contributed by atoms with van der Waals surface area (Å²) < 4.78 is 8.47. The van der Waals surface area contributed by atoms with Crippen molar-refractivity contribution in [1.29, 1.82) is 0 Å². The predicted molar refractivity (Wildman–Crippen MR) is 211 cm³/mol. The van der Waals surface area contributed by atoms with Crippen molar-refractivity contribution in [2.75, 3.05) is 6.61 Å². The van der Waals surface area contributed by atoms with Gasteiger partial charge in [-0.05, 0) is 156 Å². The van der Waals surface area contributed by atoms with Gasteiger partial charge < -0.3 is 15.4 Å². The van der Waals surface area contributed by atoms with Gasteiger partial charge in [-0.2, -0.15) is 0 Å². The van der Waals surface area contributed by atoms with E-state index in [-0.39, 0.29) is 46.9 Å². The summed E-state index contributed by atoms with van der Waals surface area (Å²) in [6, 6.07) is 14.5. The Morgan fingerprint density at radius 1 is 0.649 bits per heavy atom. The van der Waals surface area contributed by atoms with E-state index in [1.165, 1.54) is 44.7 Å². The Kier molecular flexibility index (Phi) is 8.79. The fourth-order valence-electron chi connectivity index (χ4n) is 12.7. The minimum atomic E-state index is -0.507. The maximum absolute atomic E-state index is 13.4. The number of nitrogens with one attached hydrogen (secondary N) is 2. The Labute approximate surface area is 331 Å². The number of amides is 2. The van der Waals surface area contributed by atoms with Gasteiger partial charge in [-0.1, -0.05) is 12.1 Å². The number of rotatable bonds is 8. The second-order valence-electron chi connectivity index (χ2n) is 18.1. The van der Waals surface area contributed by atoms with Crippen molar-refractivity contribution < 1.29 is 23.9 Å². The molecule has 5 heterocycles. The first-order valence-electron chi connectivity index (χ1n) is 20.9. The molecular formula is C45H49N7O5. The van der Waals surface area contributed by atoms with Gasteiger partial charge in [0.2, 0.25) is 11.6 Å². The summed E-state index contributed by atoms with van der Waals surface area (Å²) in [6.45, 7) is 2.03. The minimum Gasteiger partial charge on any atom is -0.460 e. The van der Waals surface area contributed by atoms with Gasteiger partial charge in [-0.15, -0.1) is 0 Å². The van der Waals surface area contributed by atoms with E-state index in [1.807, 2.05) is 36.4 Å². The van der Waals surface area contributed by atoms with E-state index in [4.69, 9.17) is 4.74 Å². The highest BCUT2D eigenvalue weighted by Crippen LogP contribution is 2.57. The van der Waals surface area contributed by atoms with E-state index in [9.17, 15) is 19.2 Å². The van der Waals surface area contributed by atoms with E-state index >= 15 is 0 Å². The van der Waals surface area contributed by atoms with Gasteiger partial charge in [0.05, 0.1) is 17.6 Å². The van der Waals surface area contributed by atoms with Gasteiger partial charge in [0.15, 0.2) is 17.2 Å². The smallest absolute Gasteiger partial charge is 0.374 e. The topological polar surface area (TPSA) is 149 Å². The predicted octanol–water partition coefficient (Wildman–Crippen LogP) is 6.87. The van der Waals surface area contributed by atoms with Crippen molar-refractivity contribution in [2.45, 2.75) is 95.1 Å². The summed E-state index contributed by atoms with van der Waals surface area (Å²) in [5.41, 5.74) is 2.23. The molecule has 57 heavy (non-hydrogen) atoms. The molecule has 8 bridgehead atoms. The first-order chi connectivity index (χ1) is 27.7. The molecule has 5 aromatic heterocycles. The number of aromatic nitrogens is 5. The molecule has 0 saturated heterocycles. The summed E-state index contributed by atoms with van der Waals surface area (Å²) in [5, 5.41) is 6.74. The second-order valence-corrected chi connectivity index (χ2v) is 18.1. The first-order valence-corrected chi connectivity index (χ1v) is 20.9. The van der Waals surface area contributed by atoms with Crippen LogP contribution in [0.25, 0.3) is 11.0 Å². The molecule has 0 spiro atoms. The van der Waals surface area contributed by atoms with Crippen LogP contribution in [0.2, 0.25) is 0 Å². The highest BCUT2D eigenvalue weighted by Gasteiger charge is 2.53. The molecular weight excluding hydrogens is 719 g/mol. The van der Waals surface area contributed by atoms with Gasteiger partial charge in [0.1, 0.15) is 0 Å². The van der Waals surface area contributed by atoms with Crippen LogP contribution in [-0.4, -0.2) is 65.0 Å². The number of nitrogens with zero attached hydrogens (tertiary/aromatic N) is 5. The number of carbonyl (C=O) groups is 4. The lowest BCUT2D eigenvalue weighted by Gasteiger charge is -2.56. The molecule has 8 aliphatic carbocycles. The molecule has 8 fully saturated rings. The molecule has 2 N–H and O–H groups in total. The zero-order valence-corrected chi connectivity index (χ0v) is 32.4. The third-order valence-electron chi connectivity index (χ3n) is 13.9. The largest absolute Gasteiger partial charge is 0.460 e. The maximum atomic E-state index is 13.4. The standard InChI is InChI=1S/C24H24N4O2.C21H25N3O3/c29-21(18-4-3-6-25-14-18)22-26-20(19-5-1-2-7-28(19)22)23(30)27-24-11-15-8-16(12-24)10-17(9-15)13-24;1-2-27-20(26)18-22-17(16-5-3-4-6-24(16)18)19(25)23-21-10-13-7-14(11-21)9-15(8-13)12-21/h1-7,14-17H,8-13H2,(H,27,30);3-6,13-15H,2,7-12H2,1H3,(H,23,25). The third-order valence-corrected chi connectivity index (χ3v) is 13.9. The average Bonchev–Trinajstić information content (AvgIpc) is 3.77. The van der Waals surface area contributed by atoms with Crippen molar-refractivity contribution >= 4 is 34.6 Å². The number of pyridine rings is 3. The molecule has 2 amide bonds. The Hall–Kier alpha value is -5.39. The number of ether oxygens (including phenoxy) is 1. The van der Waals surface area contributed by atoms with Gasteiger partial charge in [-0.3, -0.25) is 28.2 Å². The number of hydrogen-bond donors (Lipinski definition) is 2. The Balaban J connectivity index is 0.000000140. The molecule has 0 unspecified atom stereocenters. The van der Waals surface area contributed by atoms with E-state index in [0.29, 0.717) is 28.0 Å².